The average Bonchev–Trinajstić information content (AvgIpc) is 2.01. The zero-order chi connectivity index (χ0) is 8.97. The van der Waals surface area contributed by atoms with E-state index in [0.717, 1.165) is 10.3 Å². The lowest BCUT2D eigenvalue weighted by atomic mass is 10.2. The molecule has 0 aliphatic carbocycles. The summed E-state index contributed by atoms with van der Waals surface area (Å²) >= 11 is 3.21. The van der Waals surface area contributed by atoms with Crippen molar-refractivity contribution in [1.29, 1.82) is 0 Å². The third kappa shape index (κ3) is 3.00. The molecule has 3 nitrogen and oxygen atoms in total. The molecule has 0 fully saturated rings. The quantitative estimate of drug-likeness (QED) is 0.806. The van der Waals surface area contributed by atoms with E-state index in [4.69, 9.17) is 5.11 Å². The first-order valence-corrected chi connectivity index (χ1v) is 4.31. The van der Waals surface area contributed by atoms with Gasteiger partial charge >= 0.3 is 5.97 Å². The van der Waals surface area contributed by atoms with Crippen LogP contribution < -0.4 is 0 Å². The lowest BCUT2D eigenvalue weighted by Gasteiger charge is -1.97. The molecule has 0 atom stereocenters. The Morgan fingerprint density at radius 2 is 2.33 bits per heavy atom. The highest BCUT2D eigenvalue weighted by Crippen LogP contribution is 2.07. The fourth-order valence-corrected chi connectivity index (χ4v) is 1.20. The Morgan fingerprint density at radius 1 is 1.58 bits per heavy atom. The summed E-state index contributed by atoms with van der Waals surface area (Å²) in [6.07, 6.45) is 0.609. The molecule has 0 aromatic carbocycles. The molecular formula is C8H8BrNO2. The van der Waals surface area contributed by atoms with Crippen molar-refractivity contribution in [2.24, 2.45) is 0 Å². The second-order valence-corrected chi connectivity index (χ2v) is 3.16. The van der Waals surface area contributed by atoms with E-state index >= 15 is 0 Å². The van der Waals surface area contributed by atoms with E-state index in [0.29, 0.717) is 6.42 Å². The SMILES string of the molecule is O=C(O)CCc1cccc(Br)n1. The summed E-state index contributed by atoms with van der Waals surface area (Å²) in [7, 11) is 0. The molecular weight excluding hydrogens is 222 g/mol. The van der Waals surface area contributed by atoms with Crippen LogP contribution in [0.4, 0.5) is 0 Å². The van der Waals surface area contributed by atoms with E-state index in [1.807, 2.05) is 18.2 Å². The van der Waals surface area contributed by atoms with Crippen LogP contribution in [0.3, 0.4) is 0 Å². The summed E-state index contributed by atoms with van der Waals surface area (Å²) in [4.78, 5) is 14.3. The number of hydrogen-bond donors (Lipinski definition) is 1. The van der Waals surface area contributed by atoms with E-state index in [2.05, 4.69) is 20.9 Å². The third-order valence-electron chi connectivity index (χ3n) is 1.37. The molecule has 0 unspecified atom stereocenters. The molecule has 0 bridgehead atoms. The van der Waals surface area contributed by atoms with Gasteiger partial charge in [-0.25, -0.2) is 4.98 Å². The maximum Gasteiger partial charge on any atom is 0.303 e. The summed E-state index contributed by atoms with van der Waals surface area (Å²) in [6, 6.07) is 5.46. The van der Waals surface area contributed by atoms with Crippen LogP contribution in [0.15, 0.2) is 22.8 Å². The minimum atomic E-state index is -0.795. The molecule has 1 rings (SSSR count). The minimum absolute atomic E-state index is 0.128. The summed E-state index contributed by atoms with van der Waals surface area (Å²) in [5, 5.41) is 8.40. The van der Waals surface area contributed by atoms with Crippen LogP contribution in [-0.2, 0) is 11.2 Å². The highest BCUT2D eigenvalue weighted by atomic mass is 79.9. The number of pyridine rings is 1. The first-order valence-electron chi connectivity index (χ1n) is 3.52. The van der Waals surface area contributed by atoms with Crippen LogP contribution in [0.1, 0.15) is 12.1 Å². The third-order valence-corrected chi connectivity index (χ3v) is 1.81. The van der Waals surface area contributed by atoms with Crippen LogP contribution in [-0.4, -0.2) is 16.1 Å². The Bertz CT molecular complexity index is 288. The van der Waals surface area contributed by atoms with E-state index in [1.54, 1.807) is 0 Å². The minimum Gasteiger partial charge on any atom is -0.481 e. The standard InChI is InChI=1S/C8H8BrNO2/c9-7-3-1-2-6(10-7)4-5-8(11)12/h1-3H,4-5H2,(H,11,12). The molecule has 1 aromatic heterocycles. The van der Waals surface area contributed by atoms with Crippen molar-refractivity contribution in [3.05, 3.63) is 28.5 Å². The van der Waals surface area contributed by atoms with Crippen LogP contribution in [0.5, 0.6) is 0 Å². The maximum atomic E-state index is 10.2. The second kappa shape index (κ2) is 4.21. The highest BCUT2D eigenvalue weighted by molar-refractivity contribution is 9.10. The molecule has 1 heterocycles. The van der Waals surface area contributed by atoms with Crippen molar-refractivity contribution >= 4 is 21.9 Å². The van der Waals surface area contributed by atoms with Gasteiger partial charge in [-0.2, -0.15) is 0 Å². The molecule has 0 aliphatic rings. The van der Waals surface area contributed by atoms with Gasteiger partial charge in [0, 0.05) is 12.1 Å². The fourth-order valence-electron chi connectivity index (χ4n) is 0.825. The summed E-state index contributed by atoms with van der Waals surface area (Å²) in [5.74, 6) is -0.795. The maximum absolute atomic E-state index is 10.2. The van der Waals surface area contributed by atoms with Crippen molar-refractivity contribution in [2.75, 3.05) is 0 Å². The lowest BCUT2D eigenvalue weighted by Crippen LogP contribution is -1.98. The van der Waals surface area contributed by atoms with E-state index in [1.165, 1.54) is 0 Å². The van der Waals surface area contributed by atoms with Gasteiger partial charge in [-0.3, -0.25) is 4.79 Å². The van der Waals surface area contributed by atoms with Crippen molar-refractivity contribution in [3.8, 4) is 0 Å². The van der Waals surface area contributed by atoms with Gasteiger partial charge in [0.05, 0.1) is 6.42 Å². The molecule has 0 aliphatic heterocycles. The topological polar surface area (TPSA) is 50.2 Å². The van der Waals surface area contributed by atoms with Gasteiger partial charge in [0.25, 0.3) is 0 Å². The molecule has 0 spiro atoms. The molecule has 1 N–H and O–H groups in total. The zero-order valence-corrected chi connectivity index (χ0v) is 7.91. The van der Waals surface area contributed by atoms with Gasteiger partial charge < -0.3 is 5.11 Å². The molecule has 0 saturated heterocycles. The predicted molar refractivity (Wildman–Crippen MR) is 47.9 cm³/mol. The smallest absolute Gasteiger partial charge is 0.303 e. The fraction of sp³-hybridized carbons (Fsp3) is 0.250. The number of carboxylic acids is 1. The van der Waals surface area contributed by atoms with Crippen LogP contribution in [0, 0.1) is 0 Å². The number of halogens is 1. The molecule has 64 valence electrons. The normalized spacial score (nSPS) is 9.75. The number of aromatic nitrogens is 1. The highest BCUT2D eigenvalue weighted by Gasteiger charge is 1.99. The molecule has 12 heavy (non-hydrogen) atoms. The Kier molecular flexibility index (Phi) is 3.22. The van der Waals surface area contributed by atoms with Gasteiger partial charge in [0.1, 0.15) is 4.60 Å². The zero-order valence-electron chi connectivity index (χ0n) is 6.33. The molecule has 4 heteroatoms. The Hall–Kier alpha value is -0.900. The number of aliphatic carboxylic acids is 1. The van der Waals surface area contributed by atoms with Gasteiger partial charge in [0.2, 0.25) is 0 Å². The van der Waals surface area contributed by atoms with Gasteiger partial charge in [-0.15, -0.1) is 0 Å². The van der Waals surface area contributed by atoms with Crippen molar-refractivity contribution in [1.82, 2.24) is 4.98 Å². The summed E-state index contributed by atoms with van der Waals surface area (Å²) in [5.41, 5.74) is 0.798. The number of hydrogen-bond acceptors (Lipinski definition) is 2. The van der Waals surface area contributed by atoms with E-state index in [9.17, 15) is 4.79 Å². The first-order chi connectivity index (χ1) is 5.68. The van der Waals surface area contributed by atoms with E-state index < -0.39 is 5.97 Å². The second-order valence-electron chi connectivity index (χ2n) is 2.35. The van der Waals surface area contributed by atoms with Gasteiger partial charge in [-0.05, 0) is 28.1 Å². The number of carboxylic acid groups (broad SMARTS) is 1. The molecule has 0 saturated carbocycles. The summed E-state index contributed by atoms with van der Waals surface area (Å²) in [6.45, 7) is 0. The monoisotopic (exact) mass is 229 g/mol. The first kappa shape index (κ1) is 9.19. The van der Waals surface area contributed by atoms with Crippen molar-refractivity contribution < 1.29 is 9.90 Å². The largest absolute Gasteiger partial charge is 0.481 e. The number of rotatable bonds is 3. The van der Waals surface area contributed by atoms with Crippen LogP contribution in [0.2, 0.25) is 0 Å². The number of carbonyl (C=O) groups is 1. The Balaban J connectivity index is 2.57. The van der Waals surface area contributed by atoms with Gasteiger partial charge in [0.15, 0.2) is 0 Å². The molecule has 1 aromatic rings. The predicted octanol–water partition coefficient (Wildman–Crippen LogP) is 1.86. The number of aryl methyl sites for hydroxylation is 1. The summed E-state index contributed by atoms with van der Waals surface area (Å²) < 4.78 is 0.741. The van der Waals surface area contributed by atoms with Crippen LogP contribution >= 0.6 is 15.9 Å². The Morgan fingerprint density at radius 3 is 2.92 bits per heavy atom. The van der Waals surface area contributed by atoms with Crippen molar-refractivity contribution in [3.63, 3.8) is 0 Å². The average molecular weight is 230 g/mol. The lowest BCUT2D eigenvalue weighted by molar-refractivity contribution is -0.136. The van der Waals surface area contributed by atoms with Crippen molar-refractivity contribution in [2.45, 2.75) is 12.8 Å². The molecule has 0 amide bonds. The molecule has 0 radical (unpaired) electrons. The van der Waals surface area contributed by atoms with Crippen LogP contribution in [0.25, 0.3) is 0 Å². The van der Waals surface area contributed by atoms with E-state index in [-0.39, 0.29) is 6.42 Å². The van der Waals surface area contributed by atoms with Gasteiger partial charge in [-0.1, -0.05) is 6.07 Å². The Labute approximate surface area is 78.6 Å². The number of nitrogens with zero attached hydrogens (tertiary/aromatic N) is 1.